The Morgan fingerprint density at radius 3 is 2.43 bits per heavy atom. The number of aliphatic hydroxyl groups excluding tert-OH is 1. The van der Waals surface area contributed by atoms with Crippen molar-refractivity contribution in [2.45, 2.75) is 23.8 Å². The van der Waals surface area contributed by atoms with Crippen LogP contribution in [0.5, 0.6) is 0 Å². The smallest absolute Gasteiger partial charge is 0.233 e. The first-order valence-electron chi connectivity index (χ1n) is 9.03. The number of hydrogen-bond acceptors (Lipinski definition) is 6. The van der Waals surface area contributed by atoms with Gasteiger partial charge in [0.15, 0.2) is 15.7 Å². The van der Waals surface area contributed by atoms with Gasteiger partial charge in [0, 0.05) is 6.26 Å². The first-order valence-corrected chi connectivity index (χ1v) is 10.9. The van der Waals surface area contributed by atoms with E-state index in [0.717, 1.165) is 6.26 Å². The molecule has 1 aromatic heterocycles. The fourth-order valence-electron chi connectivity index (χ4n) is 2.92. The number of rotatable bonds is 7. The predicted octanol–water partition coefficient (Wildman–Crippen LogP) is 2.48. The second-order valence-corrected chi connectivity index (χ2v) is 8.78. The molecule has 0 aliphatic rings. The summed E-state index contributed by atoms with van der Waals surface area (Å²) in [6, 6.07) is 12.0. The molecule has 2 N–H and O–H groups in total. The zero-order valence-electron chi connectivity index (χ0n) is 16.1. The van der Waals surface area contributed by atoms with Gasteiger partial charge in [-0.2, -0.15) is 0 Å². The van der Waals surface area contributed by atoms with Gasteiger partial charge in [0.25, 0.3) is 0 Å². The van der Waals surface area contributed by atoms with E-state index < -0.39 is 27.5 Å². The summed E-state index contributed by atoms with van der Waals surface area (Å²) in [7, 11) is -3.37. The summed E-state index contributed by atoms with van der Waals surface area (Å²) in [5.41, 5.74) is 1.55. The van der Waals surface area contributed by atoms with E-state index >= 15 is 0 Å². The van der Waals surface area contributed by atoms with Crippen molar-refractivity contribution in [2.24, 2.45) is 0 Å². The van der Waals surface area contributed by atoms with E-state index in [1.807, 2.05) is 0 Å². The summed E-state index contributed by atoms with van der Waals surface area (Å²) in [6.45, 7) is -0.268. The highest BCUT2D eigenvalue weighted by Crippen LogP contribution is 2.25. The zero-order chi connectivity index (χ0) is 21.7. The summed E-state index contributed by atoms with van der Waals surface area (Å²) >= 11 is 0. The minimum atomic E-state index is -3.37. The van der Waals surface area contributed by atoms with Crippen molar-refractivity contribution >= 4 is 21.6 Å². The lowest BCUT2D eigenvalue weighted by Crippen LogP contribution is -2.24. The molecule has 0 saturated carbocycles. The molecular formula is C21H20FN3O4S. The number of carbonyl (C=O) groups is 1. The monoisotopic (exact) mass is 429 g/mol. The van der Waals surface area contributed by atoms with Gasteiger partial charge in [0.1, 0.15) is 5.82 Å². The maximum absolute atomic E-state index is 13.6. The number of aliphatic hydroxyl groups is 1. The molecule has 7 nitrogen and oxygen atoms in total. The van der Waals surface area contributed by atoms with Crippen molar-refractivity contribution in [3.63, 3.8) is 0 Å². The standard InChI is InChI=1S/C21H20FN3O4S/c1-30(28,29)18-7-5-15(6-8-18)19(10-14-3-2-4-16(22)9-14)21(27)25-20-12-23-17(13-26)11-24-20/h2-9,11-12,19,26H,10,13H2,1H3,(H,24,25,27). The maximum Gasteiger partial charge on any atom is 0.233 e. The van der Waals surface area contributed by atoms with Crippen LogP contribution in [0.25, 0.3) is 0 Å². The van der Waals surface area contributed by atoms with Crippen LogP contribution in [0.3, 0.4) is 0 Å². The first-order chi connectivity index (χ1) is 14.3. The van der Waals surface area contributed by atoms with Gasteiger partial charge in [-0.1, -0.05) is 24.3 Å². The number of hydrogen-bond donors (Lipinski definition) is 2. The van der Waals surface area contributed by atoms with E-state index in [0.29, 0.717) is 16.8 Å². The molecule has 30 heavy (non-hydrogen) atoms. The molecule has 2 aromatic carbocycles. The van der Waals surface area contributed by atoms with Gasteiger partial charge in [-0.15, -0.1) is 0 Å². The highest BCUT2D eigenvalue weighted by molar-refractivity contribution is 7.90. The molecule has 0 fully saturated rings. The maximum atomic E-state index is 13.6. The SMILES string of the molecule is CS(=O)(=O)c1ccc(C(Cc2cccc(F)c2)C(=O)Nc2cnc(CO)cn2)cc1. The van der Waals surface area contributed by atoms with Gasteiger partial charge < -0.3 is 10.4 Å². The van der Waals surface area contributed by atoms with Gasteiger partial charge >= 0.3 is 0 Å². The molecule has 9 heteroatoms. The second kappa shape index (κ2) is 9.10. The molecule has 1 heterocycles. The van der Waals surface area contributed by atoms with E-state index in [1.165, 1.54) is 36.7 Å². The van der Waals surface area contributed by atoms with Crippen LogP contribution in [0.4, 0.5) is 10.2 Å². The van der Waals surface area contributed by atoms with Crippen molar-refractivity contribution in [3.05, 3.63) is 83.6 Å². The van der Waals surface area contributed by atoms with Gasteiger partial charge in [-0.3, -0.25) is 9.78 Å². The molecule has 0 aliphatic heterocycles. The topological polar surface area (TPSA) is 109 Å². The van der Waals surface area contributed by atoms with E-state index in [1.54, 1.807) is 24.3 Å². The Morgan fingerprint density at radius 1 is 1.13 bits per heavy atom. The lowest BCUT2D eigenvalue weighted by Gasteiger charge is -2.18. The Hall–Kier alpha value is -3.17. The molecule has 0 spiro atoms. The van der Waals surface area contributed by atoms with E-state index in [4.69, 9.17) is 5.11 Å². The molecule has 0 aliphatic carbocycles. The number of amides is 1. The third kappa shape index (κ3) is 5.46. The van der Waals surface area contributed by atoms with Crippen LogP contribution < -0.4 is 5.32 Å². The number of nitrogens with zero attached hydrogens (tertiary/aromatic N) is 2. The number of aromatic nitrogens is 2. The average molecular weight is 429 g/mol. The molecular weight excluding hydrogens is 409 g/mol. The number of nitrogens with one attached hydrogen (secondary N) is 1. The molecule has 0 radical (unpaired) electrons. The van der Waals surface area contributed by atoms with Crippen LogP contribution in [0.1, 0.15) is 22.7 Å². The van der Waals surface area contributed by atoms with Crippen molar-refractivity contribution in [2.75, 3.05) is 11.6 Å². The summed E-state index contributed by atoms with van der Waals surface area (Å²) < 4.78 is 37.0. The minimum Gasteiger partial charge on any atom is -0.390 e. The molecule has 1 amide bonds. The molecule has 3 rings (SSSR count). The largest absolute Gasteiger partial charge is 0.390 e. The van der Waals surface area contributed by atoms with Gasteiger partial charge in [0.05, 0.1) is 35.5 Å². The molecule has 1 atom stereocenters. The molecule has 0 bridgehead atoms. The predicted molar refractivity (Wildman–Crippen MR) is 109 cm³/mol. The summed E-state index contributed by atoms with van der Waals surface area (Å²) in [6.07, 6.45) is 3.98. The second-order valence-electron chi connectivity index (χ2n) is 6.77. The third-order valence-electron chi connectivity index (χ3n) is 4.47. The first kappa shape index (κ1) is 21.5. The van der Waals surface area contributed by atoms with E-state index in [-0.39, 0.29) is 23.7 Å². The normalized spacial score (nSPS) is 12.4. The number of sulfone groups is 1. The van der Waals surface area contributed by atoms with E-state index in [2.05, 4.69) is 15.3 Å². The third-order valence-corrected chi connectivity index (χ3v) is 5.60. The summed E-state index contributed by atoms with van der Waals surface area (Å²) in [5, 5.41) is 11.7. The van der Waals surface area contributed by atoms with Crippen LogP contribution in [0, 0.1) is 5.82 Å². The number of halogens is 1. The Balaban J connectivity index is 1.90. The fourth-order valence-corrected chi connectivity index (χ4v) is 3.55. The van der Waals surface area contributed by atoms with Gasteiger partial charge in [-0.05, 0) is 41.8 Å². The summed E-state index contributed by atoms with van der Waals surface area (Å²) in [5.74, 6) is -1.34. The van der Waals surface area contributed by atoms with Crippen LogP contribution in [0.2, 0.25) is 0 Å². The quantitative estimate of drug-likeness (QED) is 0.597. The van der Waals surface area contributed by atoms with Crippen LogP contribution in [-0.4, -0.2) is 35.7 Å². The Kier molecular flexibility index (Phi) is 6.53. The van der Waals surface area contributed by atoms with Crippen LogP contribution in [-0.2, 0) is 27.7 Å². The Morgan fingerprint density at radius 2 is 1.87 bits per heavy atom. The van der Waals surface area contributed by atoms with Crippen LogP contribution >= 0.6 is 0 Å². The van der Waals surface area contributed by atoms with Crippen molar-refractivity contribution in [3.8, 4) is 0 Å². The van der Waals surface area contributed by atoms with Crippen molar-refractivity contribution in [1.82, 2.24) is 9.97 Å². The number of anilines is 1. The lowest BCUT2D eigenvalue weighted by molar-refractivity contribution is -0.117. The fraction of sp³-hybridized carbons (Fsp3) is 0.190. The highest BCUT2D eigenvalue weighted by Gasteiger charge is 2.23. The van der Waals surface area contributed by atoms with Crippen molar-refractivity contribution in [1.29, 1.82) is 0 Å². The minimum absolute atomic E-state index is 0.140. The molecule has 1 unspecified atom stereocenters. The molecule has 3 aromatic rings. The Bertz CT molecular complexity index is 1130. The van der Waals surface area contributed by atoms with Gasteiger partial charge in [0.2, 0.25) is 5.91 Å². The number of benzene rings is 2. The number of carbonyl (C=O) groups excluding carboxylic acids is 1. The molecule has 0 saturated heterocycles. The zero-order valence-corrected chi connectivity index (χ0v) is 16.9. The average Bonchev–Trinajstić information content (AvgIpc) is 2.72. The van der Waals surface area contributed by atoms with Crippen LogP contribution in [0.15, 0.2) is 65.8 Å². The molecule has 156 valence electrons. The van der Waals surface area contributed by atoms with Gasteiger partial charge in [-0.25, -0.2) is 17.8 Å². The summed E-state index contributed by atoms with van der Waals surface area (Å²) in [4.78, 5) is 21.2. The van der Waals surface area contributed by atoms with E-state index in [9.17, 15) is 17.6 Å². The Labute approximate surface area is 173 Å². The lowest BCUT2D eigenvalue weighted by atomic mass is 9.91. The highest BCUT2D eigenvalue weighted by atomic mass is 32.2. The van der Waals surface area contributed by atoms with Crippen molar-refractivity contribution < 1.29 is 22.7 Å².